The highest BCUT2D eigenvalue weighted by molar-refractivity contribution is 4.87. The second-order valence-electron chi connectivity index (χ2n) is 8.27. The predicted molar refractivity (Wildman–Crippen MR) is 82.6 cm³/mol. The summed E-state index contributed by atoms with van der Waals surface area (Å²) < 4.78 is 19.9. The lowest BCUT2D eigenvalue weighted by Gasteiger charge is -2.40. The van der Waals surface area contributed by atoms with E-state index in [1.54, 1.807) is 0 Å². The SMILES string of the molecule is CO[C@H]1CC[C@H](C[C@@H]2CC[C@@H](C(C)(C)C)C[C@H]2F)CC1. The topological polar surface area (TPSA) is 9.23 Å². The zero-order valence-corrected chi connectivity index (χ0v) is 13.8. The lowest BCUT2D eigenvalue weighted by molar-refractivity contribution is 0.0322. The summed E-state index contributed by atoms with van der Waals surface area (Å²) in [5.41, 5.74) is 0.270. The van der Waals surface area contributed by atoms with Crippen molar-refractivity contribution < 1.29 is 9.13 Å². The van der Waals surface area contributed by atoms with E-state index in [1.807, 2.05) is 7.11 Å². The zero-order valence-electron chi connectivity index (χ0n) is 13.8. The lowest BCUT2D eigenvalue weighted by atomic mass is 9.67. The maximum atomic E-state index is 14.5. The molecule has 2 aliphatic carbocycles. The molecule has 2 saturated carbocycles. The molecule has 0 bridgehead atoms. The fourth-order valence-corrected chi connectivity index (χ4v) is 4.26. The Balaban J connectivity index is 1.78. The van der Waals surface area contributed by atoms with Crippen LogP contribution >= 0.6 is 0 Å². The normalized spacial score (nSPS) is 39.8. The fraction of sp³-hybridized carbons (Fsp3) is 1.00. The minimum atomic E-state index is -0.562. The molecule has 20 heavy (non-hydrogen) atoms. The van der Waals surface area contributed by atoms with Gasteiger partial charge in [-0.2, -0.15) is 0 Å². The molecular weight excluding hydrogens is 251 g/mol. The van der Waals surface area contributed by atoms with Gasteiger partial charge in [-0.1, -0.05) is 20.8 Å². The number of rotatable bonds is 3. The molecule has 2 heteroatoms. The second kappa shape index (κ2) is 6.77. The first-order valence-corrected chi connectivity index (χ1v) is 8.57. The van der Waals surface area contributed by atoms with Crippen LogP contribution in [0.15, 0.2) is 0 Å². The molecule has 2 fully saturated rings. The van der Waals surface area contributed by atoms with Gasteiger partial charge in [0.05, 0.1) is 6.10 Å². The van der Waals surface area contributed by atoms with Crippen LogP contribution in [0.25, 0.3) is 0 Å². The van der Waals surface area contributed by atoms with Crippen molar-refractivity contribution in [2.45, 2.75) is 84.4 Å². The van der Waals surface area contributed by atoms with Crippen LogP contribution < -0.4 is 0 Å². The van der Waals surface area contributed by atoms with Gasteiger partial charge in [0.25, 0.3) is 0 Å². The Morgan fingerprint density at radius 3 is 2.15 bits per heavy atom. The molecule has 0 radical (unpaired) electrons. The largest absolute Gasteiger partial charge is 0.381 e. The molecule has 0 aromatic rings. The lowest BCUT2D eigenvalue weighted by Crippen LogP contribution is -2.34. The summed E-state index contributed by atoms with van der Waals surface area (Å²) in [6.07, 6.45) is 8.97. The third kappa shape index (κ3) is 4.19. The maximum Gasteiger partial charge on any atom is 0.103 e. The molecule has 0 spiro atoms. The summed E-state index contributed by atoms with van der Waals surface area (Å²) >= 11 is 0. The summed E-state index contributed by atoms with van der Waals surface area (Å²) in [4.78, 5) is 0. The molecule has 0 N–H and O–H groups in total. The van der Waals surface area contributed by atoms with E-state index in [1.165, 1.54) is 32.1 Å². The van der Waals surface area contributed by atoms with Crippen LogP contribution in [0.2, 0.25) is 0 Å². The van der Waals surface area contributed by atoms with Gasteiger partial charge in [-0.05, 0) is 74.5 Å². The average molecular weight is 284 g/mol. The van der Waals surface area contributed by atoms with Crippen LogP contribution in [0.3, 0.4) is 0 Å². The van der Waals surface area contributed by atoms with Gasteiger partial charge in [-0.3, -0.25) is 0 Å². The first kappa shape index (κ1) is 16.3. The molecule has 1 nitrogen and oxygen atoms in total. The van der Waals surface area contributed by atoms with Gasteiger partial charge in [0, 0.05) is 7.11 Å². The Hall–Kier alpha value is -0.110. The minimum Gasteiger partial charge on any atom is -0.381 e. The highest BCUT2D eigenvalue weighted by Crippen LogP contribution is 2.44. The van der Waals surface area contributed by atoms with E-state index in [4.69, 9.17) is 4.74 Å². The van der Waals surface area contributed by atoms with Crippen molar-refractivity contribution in [2.24, 2.45) is 23.2 Å². The number of methoxy groups -OCH3 is 1. The third-order valence-electron chi connectivity index (χ3n) is 5.90. The van der Waals surface area contributed by atoms with E-state index in [2.05, 4.69) is 20.8 Å². The van der Waals surface area contributed by atoms with E-state index in [0.29, 0.717) is 17.9 Å². The summed E-state index contributed by atoms with van der Waals surface area (Å²) in [7, 11) is 1.82. The Bertz CT molecular complexity index is 288. The maximum absolute atomic E-state index is 14.5. The monoisotopic (exact) mass is 284 g/mol. The van der Waals surface area contributed by atoms with Gasteiger partial charge < -0.3 is 4.74 Å². The van der Waals surface area contributed by atoms with Crippen molar-refractivity contribution in [1.29, 1.82) is 0 Å². The molecule has 0 aliphatic heterocycles. The fourth-order valence-electron chi connectivity index (χ4n) is 4.26. The quantitative estimate of drug-likeness (QED) is 0.676. The number of hydrogen-bond acceptors (Lipinski definition) is 1. The molecule has 0 aromatic heterocycles. The first-order chi connectivity index (χ1) is 9.40. The highest BCUT2D eigenvalue weighted by Gasteiger charge is 2.37. The smallest absolute Gasteiger partial charge is 0.103 e. The molecule has 3 atom stereocenters. The number of halogens is 1. The summed E-state index contributed by atoms with van der Waals surface area (Å²) in [6.45, 7) is 6.78. The van der Waals surface area contributed by atoms with Gasteiger partial charge in [0.2, 0.25) is 0 Å². The van der Waals surface area contributed by atoms with Crippen molar-refractivity contribution in [3.63, 3.8) is 0 Å². The molecule has 0 unspecified atom stereocenters. The van der Waals surface area contributed by atoms with Crippen molar-refractivity contribution in [3.05, 3.63) is 0 Å². The van der Waals surface area contributed by atoms with E-state index in [9.17, 15) is 4.39 Å². The van der Waals surface area contributed by atoms with E-state index >= 15 is 0 Å². The highest BCUT2D eigenvalue weighted by atomic mass is 19.1. The molecule has 0 saturated heterocycles. The standard InChI is InChI=1S/C18H33FO/c1-18(2,3)15-8-7-14(17(19)12-15)11-13-5-9-16(20-4)10-6-13/h13-17H,5-12H2,1-4H3/t13-,14-,15+,16-,17+/m0/s1. The van der Waals surface area contributed by atoms with Gasteiger partial charge in [0.15, 0.2) is 0 Å². The third-order valence-corrected chi connectivity index (χ3v) is 5.90. The van der Waals surface area contributed by atoms with Crippen molar-refractivity contribution in [1.82, 2.24) is 0 Å². The summed E-state index contributed by atoms with van der Waals surface area (Å²) in [5.74, 6) is 1.64. The van der Waals surface area contributed by atoms with E-state index < -0.39 is 6.17 Å². The Morgan fingerprint density at radius 2 is 1.65 bits per heavy atom. The Kier molecular flexibility index (Phi) is 5.50. The van der Waals surface area contributed by atoms with Crippen LogP contribution in [-0.4, -0.2) is 19.4 Å². The molecule has 2 aliphatic rings. The van der Waals surface area contributed by atoms with Gasteiger partial charge in [-0.25, -0.2) is 4.39 Å². The van der Waals surface area contributed by atoms with Crippen molar-refractivity contribution in [3.8, 4) is 0 Å². The van der Waals surface area contributed by atoms with Crippen LogP contribution in [-0.2, 0) is 4.74 Å². The van der Waals surface area contributed by atoms with E-state index in [-0.39, 0.29) is 5.41 Å². The van der Waals surface area contributed by atoms with Crippen molar-refractivity contribution >= 4 is 0 Å². The Labute approximate surface area is 124 Å². The molecule has 0 amide bonds. The van der Waals surface area contributed by atoms with Crippen LogP contribution in [0.4, 0.5) is 4.39 Å². The Morgan fingerprint density at radius 1 is 1.00 bits per heavy atom. The molecular formula is C18H33FO. The van der Waals surface area contributed by atoms with Gasteiger partial charge >= 0.3 is 0 Å². The van der Waals surface area contributed by atoms with Gasteiger partial charge in [0.1, 0.15) is 6.17 Å². The number of ether oxygens (including phenoxy) is 1. The van der Waals surface area contributed by atoms with E-state index in [0.717, 1.165) is 25.2 Å². The van der Waals surface area contributed by atoms with Crippen LogP contribution in [0.5, 0.6) is 0 Å². The number of hydrogen-bond donors (Lipinski definition) is 0. The van der Waals surface area contributed by atoms with Crippen LogP contribution in [0.1, 0.15) is 72.1 Å². The number of alkyl halides is 1. The minimum absolute atomic E-state index is 0.270. The first-order valence-electron chi connectivity index (χ1n) is 8.57. The zero-order chi connectivity index (χ0) is 14.8. The molecule has 0 heterocycles. The molecule has 118 valence electrons. The van der Waals surface area contributed by atoms with Gasteiger partial charge in [-0.15, -0.1) is 0 Å². The molecule has 2 rings (SSSR count). The van der Waals surface area contributed by atoms with Crippen molar-refractivity contribution in [2.75, 3.05) is 7.11 Å². The summed E-state index contributed by atoms with van der Waals surface area (Å²) in [5, 5.41) is 0. The predicted octanol–water partition coefficient (Wildman–Crippen LogP) is 5.38. The summed E-state index contributed by atoms with van der Waals surface area (Å²) in [6, 6.07) is 0. The molecule has 0 aromatic carbocycles. The second-order valence-corrected chi connectivity index (χ2v) is 8.27. The average Bonchev–Trinajstić information content (AvgIpc) is 2.41. The van der Waals surface area contributed by atoms with Crippen LogP contribution in [0, 0.1) is 23.2 Å².